The monoisotopic (exact) mass is 1980 g/mol. The van der Waals surface area contributed by atoms with Crippen molar-refractivity contribution >= 4 is 173 Å². The van der Waals surface area contributed by atoms with Crippen molar-refractivity contribution in [3.05, 3.63) is 194 Å². The molecule has 16 nitrogen and oxygen atoms in total. The third-order valence-corrected chi connectivity index (χ3v) is 29.8. The van der Waals surface area contributed by atoms with Crippen LogP contribution in [0.1, 0.15) is 261 Å². The Morgan fingerprint density at radius 3 is 0.448 bits per heavy atom. The molecule has 0 aliphatic carbocycles. The van der Waals surface area contributed by atoms with E-state index in [4.69, 9.17) is 77.8 Å². The van der Waals surface area contributed by atoms with Crippen LogP contribution in [0.4, 0.5) is 0 Å². The summed E-state index contributed by atoms with van der Waals surface area (Å²) in [4.78, 5) is 47.4. The van der Waals surface area contributed by atoms with Crippen LogP contribution >= 0.6 is 0 Å². The van der Waals surface area contributed by atoms with Gasteiger partial charge in [0.15, 0.2) is 0 Å². The van der Waals surface area contributed by atoms with Crippen LogP contribution in [0.2, 0.25) is 0 Å². The molecule has 0 saturated carbocycles. The second-order valence-electron chi connectivity index (χ2n) is 40.2. The quantitative estimate of drug-likeness (QED) is 0.0199. The minimum absolute atomic E-state index is 0. The molecule has 145 heavy (non-hydrogen) atoms. The number of nitrogens with zero attached hydrogens (tertiary/aromatic N) is 8. The van der Waals surface area contributed by atoms with Crippen molar-refractivity contribution in [1.29, 1.82) is 0 Å². The average molecular weight is 1980 g/mol. The van der Waals surface area contributed by atoms with E-state index in [-0.39, 0.29) is 19.5 Å². The number of benzene rings is 16. The third kappa shape index (κ3) is 20.9. The Bertz CT molecular complexity index is 7270. The van der Waals surface area contributed by atoms with Crippen LogP contribution in [0.15, 0.2) is 194 Å². The molecule has 0 N–H and O–H groups in total. The van der Waals surface area contributed by atoms with E-state index >= 15 is 0 Å². The molecule has 5 heterocycles. The van der Waals surface area contributed by atoms with Gasteiger partial charge in [0.1, 0.15) is 46.0 Å². The van der Waals surface area contributed by atoms with Gasteiger partial charge in [-0.25, -0.2) is 9.97 Å². The van der Waals surface area contributed by atoms with Gasteiger partial charge >= 0.3 is 19.5 Å². The van der Waals surface area contributed by atoms with Gasteiger partial charge in [0.25, 0.3) is 0 Å². The normalized spacial score (nSPS) is 12.1. The SMILES string of the molecule is CCCCCCOc1ccc2c3ccc(OCCCCCC)cc3c3cc4c(cc3c2c1)-c1nc-4nc2[n-]c(nc3nc(nc4[n-]c(n1)c1cc5c6cc(OCCCCCC)ccc6c6ccc(OCCCCCC)cc6c5cc41)-c1cc4c5cc(OCCCCCC)ccc5c5ccc(OCCCCCC)cc5c4cc1-3)c1cc3c4cc(OCCCCCC)ccc4c4ccc(OCCCCCC)cc4c3cc21.[Zn+2]. The maximum absolute atomic E-state index is 6.77. The second kappa shape index (κ2) is 46.2. The average Bonchev–Trinajstić information content (AvgIpc) is 1.57. The summed E-state index contributed by atoms with van der Waals surface area (Å²) in [5.41, 5.74) is 4.84. The first-order valence-corrected chi connectivity index (χ1v) is 54.7. The van der Waals surface area contributed by atoms with Crippen molar-refractivity contribution in [3.8, 4) is 91.5 Å². The molecule has 21 rings (SSSR count). The van der Waals surface area contributed by atoms with Crippen LogP contribution in [-0.4, -0.2) is 82.8 Å². The molecular formula is C128H136N8O8Zn. The minimum atomic E-state index is 0. The number of fused-ring (bicyclic) bond motifs is 44. The van der Waals surface area contributed by atoms with Crippen molar-refractivity contribution in [3.63, 3.8) is 0 Å². The Kier molecular flexibility index (Phi) is 31.6. The molecule has 16 aromatic carbocycles. The predicted molar refractivity (Wildman–Crippen MR) is 601 cm³/mol. The van der Waals surface area contributed by atoms with E-state index in [1.807, 2.05) is 0 Å². The maximum Gasteiger partial charge on any atom is 2.00 e. The molecule has 2 aliphatic rings. The van der Waals surface area contributed by atoms with E-state index in [0.717, 1.165) is 425 Å². The summed E-state index contributed by atoms with van der Waals surface area (Å²) < 4.78 is 54.1. The first kappa shape index (κ1) is 99.4. The van der Waals surface area contributed by atoms with Gasteiger partial charge < -0.3 is 67.8 Å². The summed E-state index contributed by atoms with van der Waals surface area (Å²) in [5.74, 6) is 8.23. The summed E-state index contributed by atoms with van der Waals surface area (Å²) in [6, 6.07) is 71.3. The second-order valence-corrected chi connectivity index (χ2v) is 40.2. The number of rotatable bonds is 48. The number of hydrogen-bond donors (Lipinski definition) is 0. The van der Waals surface area contributed by atoms with Crippen LogP contribution in [0.25, 0.3) is 219 Å². The first-order chi connectivity index (χ1) is 71.1. The summed E-state index contributed by atoms with van der Waals surface area (Å²) >= 11 is 0. The molecule has 0 unspecified atom stereocenters. The zero-order chi connectivity index (χ0) is 97.9. The molecule has 0 atom stereocenters. The fraction of sp³-hybridized carbons (Fsp3) is 0.375. The third-order valence-electron chi connectivity index (χ3n) is 29.8. The molecule has 3 aromatic heterocycles. The van der Waals surface area contributed by atoms with E-state index in [2.05, 4.69) is 250 Å². The molecule has 2 aliphatic heterocycles. The van der Waals surface area contributed by atoms with Gasteiger partial charge in [0.2, 0.25) is 0 Å². The van der Waals surface area contributed by atoms with Gasteiger partial charge in [-0.15, -0.1) is 0 Å². The van der Waals surface area contributed by atoms with Gasteiger partial charge in [-0.1, -0.05) is 258 Å². The molecule has 19 aromatic rings. The molecule has 0 spiro atoms. The van der Waals surface area contributed by atoms with Crippen LogP contribution in [-0.2, 0) is 19.5 Å². The Balaban J connectivity index is 0.0000128. The van der Waals surface area contributed by atoms with Crippen molar-refractivity contribution < 1.29 is 57.4 Å². The number of unbranched alkanes of at least 4 members (excludes halogenated alkanes) is 24. The van der Waals surface area contributed by atoms with Crippen molar-refractivity contribution in [2.24, 2.45) is 0 Å². The Hall–Kier alpha value is -13.0. The van der Waals surface area contributed by atoms with Gasteiger partial charge in [-0.2, -0.15) is 0 Å². The largest absolute Gasteiger partial charge is 2.00 e. The van der Waals surface area contributed by atoms with Crippen LogP contribution in [0.5, 0.6) is 46.0 Å². The van der Waals surface area contributed by atoms with Crippen LogP contribution in [0, 0.1) is 0 Å². The van der Waals surface area contributed by atoms with Gasteiger partial charge in [0.05, 0.1) is 76.2 Å². The summed E-state index contributed by atoms with van der Waals surface area (Å²) in [6.07, 6.45) is 34.9. The van der Waals surface area contributed by atoms with Crippen LogP contribution in [0.3, 0.4) is 0 Å². The van der Waals surface area contributed by atoms with E-state index in [1.165, 1.54) is 0 Å². The van der Waals surface area contributed by atoms with Crippen LogP contribution < -0.4 is 47.9 Å². The number of ether oxygens (including phenoxy) is 8. The number of aromatic nitrogens is 8. The minimum Gasteiger partial charge on any atom is -0.494 e. The summed E-state index contributed by atoms with van der Waals surface area (Å²) in [6.45, 7) is 22.9. The Morgan fingerprint density at radius 2 is 0.297 bits per heavy atom. The van der Waals surface area contributed by atoms with E-state index < -0.39 is 0 Å². The topological polar surface area (TPSA) is 179 Å². The smallest absolute Gasteiger partial charge is 0.494 e. The summed E-state index contributed by atoms with van der Waals surface area (Å²) in [5, 5.41) is 28.2. The molecule has 0 saturated heterocycles. The van der Waals surface area contributed by atoms with Gasteiger partial charge in [0, 0.05) is 44.8 Å². The summed E-state index contributed by atoms with van der Waals surface area (Å²) in [7, 11) is 0. The molecule has 738 valence electrons. The molecular weight excluding hydrogens is 1840 g/mol. The molecule has 0 radical (unpaired) electrons. The fourth-order valence-corrected chi connectivity index (χ4v) is 21.9. The zero-order valence-corrected chi connectivity index (χ0v) is 89.3. The van der Waals surface area contributed by atoms with Crippen molar-refractivity contribution in [2.45, 2.75) is 261 Å². The molecule has 0 amide bonds. The molecule has 0 fully saturated rings. The van der Waals surface area contributed by atoms with Crippen molar-refractivity contribution in [1.82, 2.24) is 39.9 Å². The molecule has 8 bridgehead atoms. The Morgan fingerprint density at radius 1 is 0.152 bits per heavy atom. The van der Waals surface area contributed by atoms with Crippen molar-refractivity contribution in [2.75, 3.05) is 52.9 Å². The molecule has 17 heteroatoms. The first-order valence-electron chi connectivity index (χ1n) is 54.7. The van der Waals surface area contributed by atoms with E-state index in [9.17, 15) is 0 Å². The van der Waals surface area contributed by atoms with Gasteiger partial charge in [-0.05, 0) is 348 Å². The standard InChI is InChI=1S/C128H136N8O8.Zn/c1-9-17-25-33-57-137-81-41-49-89-90-50-42-82(138-58-34-26-18-10-2)66-98(90)106-74-114-113(73-105(106)97(89)65-81)121-129-122(114)134-124-117-77-109-101-69-85(141-61-37-29-21-13-5)45-53-93(101)94-54-46-86(142-62-38-30-22-14-6)70-102(94)110(109)78-118(117)126(131-124)136-128-120-80-112-104-72-88(144-64-40-32-24-16-8)48-56-96(104)95-55-47-87(143-63-39-31-23-15-7)71-103(95)111(112)79-119(120)127(132-128)135-125-116-76-108-100-68-84(140-60-36-28-20-12-4)44-52-92(100)91-51-43-83(139-59-35-27-19-11-3)67-99(91)107(108)75-115(116)123(130-125)133-121;/h41-56,65-80H,9-40,57-64H2,1-8H3;/q-2;+2. The zero-order valence-electron chi connectivity index (χ0n) is 86.3. The van der Waals surface area contributed by atoms with E-state index in [1.54, 1.807) is 0 Å². The van der Waals surface area contributed by atoms with E-state index in [0.29, 0.717) is 98.7 Å². The maximum atomic E-state index is 6.77. The Labute approximate surface area is 864 Å². The predicted octanol–water partition coefficient (Wildman–Crippen LogP) is 35.6. The van der Waals surface area contributed by atoms with Gasteiger partial charge in [-0.3, -0.25) is 0 Å². The number of hydrogen-bond acceptors (Lipinski definition) is 14. The fourth-order valence-electron chi connectivity index (χ4n) is 21.9.